The lowest BCUT2D eigenvalue weighted by Gasteiger charge is -2.07. The zero-order valence-electron chi connectivity index (χ0n) is 17.5. The summed E-state index contributed by atoms with van der Waals surface area (Å²) in [5, 5.41) is 5.92. The van der Waals surface area contributed by atoms with E-state index in [9.17, 15) is 14.0 Å². The molecule has 2 amide bonds. The number of nitrogen functional groups attached to an aromatic ring is 2. The quantitative estimate of drug-likeness (QED) is 0.252. The molecule has 1 aromatic heterocycles. The number of amides is 2. The zero-order chi connectivity index (χ0) is 24.7. The van der Waals surface area contributed by atoms with Gasteiger partial charge < -0.3 is 26.5 Å². The molecule has 0 saturated carbocycles. The standard InChI is InChI=1S/C13H10ClFN2O.C11H9ClN2O2/c14-10-7-8(5-6-12(10)16)17-13(18)9-3-1-2-4-11(9)15;12-8-6-7(3-4-9(8)13)14-11(15)10-2-1-5-16-10/h1-7H,16H2,(H,17,18);1-6H,13H2,(H,14,15). The number of nitrogens with one attached hydrogen (secondary N) is 2. The van der Waals surface area contributed by atoms with Gasteiger partial charge >= 0.3 is 0 Å². The molecule has 6 N–H and O–H groups in total. The minimum atomic E-state index is -0.573. The van der Waals surface area contributed by atoms with Crippen molar-refractivity contribution in [1.82, 2.24) is 0 Å². The number of rotatable bonds is 4. The molecule has 0 spiro atoms. The summed E-state index contributed by atoms with van der Waals surface area (Å²) in [6.07, 6.45) is 1.44. The van der Waals surface area contributed by atoms with E-state index in [0.29, 0.717) is 32.8 Å². The summed E-state index contributed by atoms with van der Waals surface area (Å²) in [7, 11) is 0. The highest BCUT2D eigenvalue weighted by Gasteiger charge is 2.11. The Kier molecular flexibility index (Phi) is 8.13. The van der Waals surface area contributed by atoms with Gasteiger partial charge in [-0.25, -0.2) is 4.39 Å². The summed E-state index contributed by atoms with van der Waals surface area (Å²) < 4.78 is 18.3. The molecule has 174 valence electrons. The van der Waals surface area contributed by atoms with Gasteiger partial charge in [-0.2, -0.15) is 0 Å². The number of hydrogen-bond donors (Lipinski definition) is 4. The van der Waals surface area contributed by atoms with Crippen LogP contribution in [0.5, 0.6) is 0 Å². The van der Waals surface area contributed by atoms with Crippen molar-refractivity contribution in [2.75, 3.05) is 22.1 Å². The van der Waals surface area contributed by atoms with Crippen molar-refractivity contribution in [1.29, 1.82) is 0 Å². The monoisotopic (exact) mass is 500 g/mol. The Morgan fingerprint density at radius 3 is 1.82 bits per heavy atom. The number of halogens is 3. The fourth-order valence-electron chi connectivity index (χ4n) is 2.65. The first-order valence-corrected chi connectivity index (χ1v) is 10.5. The molecule has 0 aliphatic heterocycles. The van der Waals surface area contributed by atoms with Crippen molar-refractivity contribution < 1.29 is 18.4 Å². The smallest absolute Gasteiger partial charge is 0.291 e. The van der Waals surface area contributed by atoms with E-state index < -0.39 is 11.7 Å². The average molecular weight is 501 g/mol. The molecule has 7 nitrogen and oxygen atoms in total. The van der Waals surface area contributed by atoms with Crippen LogP contribution in [0.25, 0.3) is 0 Å². The lowest BCUT2D eigenvalue weighted by molar-refractivity contribution is 0.0994. The van der Waals surface area contributed by atoms with Crippen molar-refractivity contribution in [2.45, 2.75) is 0 Å². The number of carbonyl (C=O) groups is 2. The minimum absolute atomic E-state index is 0.0227. The van der Waals surface area contributed by atoms with E-state index in [2.05, 4.69) is 10.6 Å². The molecule has 0 unspecified atom stereocenters. The van der Waals surface area contributed by atoms with Crippen molar-refractivity contribution in [3.63, 3.8) is 0 Å². The minimum Gasteiger partial charge on any atom is -0.459 e. The molecule has 0 fully saturated rings. The van der Waals surface area contributed by atoms with Gasteiger partial charge in [0.05, 0.1) is 33.2 Å². The molecule has 4 rings (SSSR count). The van der Waals surface area contributed by atoms with Crippen LogP contribution in [0.4, 0.5) is 27.1 Å². The lowest BCUT2D eigenvalue weighted by atomic mass is 10.2. The van der Waals surface area contributed by atoms with E-state index in [4.69, 9.17) is 39.1 Å². The molecule has 0 atom stereocenters. The Labute approximate surface area is 204 Å². The number of hydrogen-bond acceptors (Lipinski definition) is 5. The Hall–Kier alpha value is -4.01. The molecule has 1 heterocycles. The molecule has 4 aromatic rings. The van der Waals surface area contributed by atoms with E-state index in [1.165, 1.54) is 30.5 Å². The second-order valence-electron chi connectivity index (χ2n) is 6.84. The molecule has 0 bridgehead atoms. The Morgan fingerprint density at radius 2 is 1.32 bits per heavy atom. The third-order valence-electron chi connectivity index (χ3n) is 4.38. The fourth-order valence-corrected chi connectivity index (χ4v) is 3.02. The maximum atomic E-state index is 13.4. The molecule has 3 aromatic carbocycles. The van der Waals surface area contributed by atoms with Gasteiger partial charge in [0.15, 0.2) is 5.76 Å². The van der Waals surface area contributed by atoms with Gasteiger partial charge in [-0.15, -0.1) is 0 Å². The zero-order valence-corrected chi connectivity index (χ0v) is 19.0. The van der Waals surface area contributed by atoms with E-state index in [1.807, 2.05) is 0 Å². The van der Waals surface area contributed by atoms with Crippen LogP contribution in [0.3, 0.4) is 0 Å². The summed E-state index contributed by atoms with van der Waals surface area (Å²) in [4.78, 5) is 23.4. The van der Waals surface area contributed by atoms with Gasteiger partial charge in [0.2, 0.25) is 0 Å². The summed E-state index contributed by atoms with van der Waals surface area (Å²) in [5.74, 6) is -1.19. The first-order chi connectivity index (χ1) is 16.2. The first-order valence-electron chi connectivity index (χ1n) is 9.75. The maximum Gasteiger partial charge on any atom is 0.291 e. The van der Waals surface area contributed by atoms with Crippen LogP contribution in [0.2, 0.25) is 10.0 Å². The third kappa shape index (κ3) is 6.50. The van der Waals surface area contributed by atoms with Crippen LogP contribution in [-0.4, -0.2) is 11.8 Å². The highest BCUT2D eigenvalue weighted by atomic mass is 35.5. The summed E-state index contributed by atoms with van der Waals surface area (Å²) in [6, 6.07) is 18.5. The van der Waals surface area contributed by atoms with Crippen LogP contribution in [0, 0.1) is 5.82 Å². The summed E-state index contributed by atoms with van der Waals surface area (Å²) in [5.41, 5.74) is 13.0. The maximum absolute atomic E-state index is 13.4. The average Bonchev–Trinajstić information content (AvgIpc) is 3.35. The Balaban J connectivity index is 0.000000192. The van der Waals surface area contributed by atoms with Gasteiger partial charge in [0.25, 0.3) is 11.8 Å². The largest absolute Gasteiger partial charge is 0.459 e. The topological polar surface area (TPSA) is 123 Å². The van der Waals surface area contributed by atoms with Crippen molar-refractivity contribution in [3.8, 4) is 0 Å². The van der Waals surface area contributed by atoms with Gasteiger partial charge in [-0.3, -0.25) is 9.59 Å². The van der Waals surface area contributed by atoms with Crippen molar-refractivity contribution in [2.24, 2.45) is 0 Å². The van der Waals surface area contributed by atoms with Crippen LogP contribution >= 0.6 is 23.2 Å². The summed E-state index contributed by atoms with van der Waals surface area (Å²) in [6.45, 7) is 0. The number of benzene rings is 3. The fraction of sp³-hybridized carbons (Fsp3) is 0. The van der Waals surface area contributed by atoms with E-state index in [0.717, 1.165) is 0 Å². The highest BCUT2D eigenvalue weighted by Crippen LogP contribution is 2.24. The first kappa shape index (κ1) is 24.6. The van der Waals surface area contributed by atoms with E-state index in [-0.39, 0.29) is 17.2 Å². The van der Waals surface area contributed by atoms with Crippen LogP contribution < -0.4 is 22.1 Å². The lowest BCUT2D eigenvalue weighted by Crippen LogP contribution is -2.13. The number of carbonyl (C=O) groups excluding carboxylic acids is 2. The molecular formula is C24H19Cl2FN4O3. The molecule has 10 heteroatoms. The van der Waals surface area contributed by atoms with Gasteiger partial charge in [-0.1, -0.05) is 35.3 Å². The molecular weight excluding hydrogens is 482 g/mol. The van der Waals surface area contributed by atoms with Gasteiger partial charge in [-0.05, 0) is 60.7 Å². The molecule has 0 radical (unpaired) electrons. The van der Waals surface area contributed by atoms with E-state index >= 15 is 0 Å². The molecule has 0 aliphatic rings. The third-order valence-corrected chi connectivity index (χ3v) is 5.03. The van der Waals surface area contributed by atoms with Gasteiger partial charge in [0.1, 0.15) is 5.82 Å². The molecule has 34 heavy (non-hydrogen) atoms. The van der Waals surface area contributed by atoms with Gasteiger partial charge in [0, 0.05) is 11.4 Å². The second kappa shape index (κ2) is 11.2. The Morgan fingerprint density at radius 1 is 0.765 bits per heavy atom. The van der Waals surface area contributed by atoms with Crippen molar-refractivity contribution >= 4 is 57.8 Å². The summed E-state index contributed by atoms with van der Waals surface area (Å²) >= 11 is 11.6. The van der Waals surface area contributed by atoms with Crippen molar-refractivity contribution in [3.05, 3.63) is 106 Å². The number of anilines is 4. The predicted octanol–water partition coefficient (Wildman–Crippen LogP) is 6.08. The predicted molar refractivity (Wildman–Crippen MR) is 133 cm³/mol. The SMILES string of the molecule is Nc1ccc(NC(=O)c2ccccc2F)cc1Cl.Nc1ccc(NC(=O)c2ccco2)cc1Cl. The highest BCUT2D eigenvalue weighted by molar-refractivity contribution is 6.33. The number of nitrogens with two attached hydrogens (primary N) is 2. The van der Waals surface area contributed by atoms with Crippen LogP contribution in [-0.2, 0) is 0 Å². The van der Waals surface area contributed by atoms with Crippen LogP contribution in [0.15, 0.2) is 83.5 Å². The normalized spacial score (nSPS) is 10.1. The second-order valence-corrected chi connectivity index (χ2v) is 7.65. The van der Waals surface area contributed by atoms with Crippen LogP contribution in [0.1, 0.15) is 20.9 Å². The Bertz CT molecular complexity index is 1310. The number of furan rings is 1. The molecule has 0 aliphatic carbocycles. The molecule has 0 saturated heterocycles. The van der Waals surface area contributed by atoms with E-state index in [1.54, 1.807) is 48.5 Å².